The smallest absolute Gasteiger partial charge is 0.258 e. The molecule has 0 saturated carbocycles. The van der Waals surface area contributed by atoms with E-state index >= 15 is 0 Å². The van der Waals surface area contributed by atoms with Crippen LogP contribution in [0.2, 0.25) is 0 Å². The maximum absolute atomic E-state index is 5.77. The largest absolute Gasteiger partial charge is 0.494 e. The van der Waals surface area contributed by atoms with Crippen LogP contribution < -0.4 is 10.1 Å². The summed E-state index contributed by atoms with van der Waals surface area (Å²) >= 11 is 7.36. The molecule has 3 aromatic rings. The van der Waals surface area contributed by atoms with Gasteiger partial charge in [-0.3, -0.25) is 0 Å². The lowest BCUT2D eigenvalue weighted by Gasteiger charge is -2.37. The number of hydrogen-bond donors (Lipinski definition) is 1. The van der Waals surface area contributed by atoms with Crippen molar-refractivity contribution in [2.24, 2.45) is 0 Å². The first-order valence-corrected chi connectivity index (χ1v) is 12.3. The lowest BCUT2D eigenvalue weighted by molar-refractivity contribution is 0.340. The normalized spacial score (nSPS) is 16.4. The predicted octanol–water partition coefficient (Wildman–Crippen LogP) is 6.05. The lowest BCUT2D eigenvalue weighted by atomic mass is 9.94. The molecular formula is C24H28N4O2S2. The van der Waals surface area contributed by atoms with Gasteiger partial charge in [0.05, 0.1) is 23.1 Å². The summed E-state index contributed by atoms with van der Waals surface area (Å²) in [5.41, 5.74) is 3.06. The van der Waals surface area contributed by atoms with E-state index < -0.39 is 0 Å². The van der Waals surface area contributed by atoms with E-state index in [2.05, 4.69) is 41.4 Å². The Kier molecular flexibility index (Phi) is 7.22. The van der Waals surface area contributed by atoms with Crippen LogP contribution in [0.1, 0.15) is 57.5 Å². The molecule has 6 nitrogen and oxygen atoms in total. The van der Waals surface area contributed by atoms with Crippen molar-refractivity contribution in [2.45, 2.75) is 46.1 Å². The van der Waals surface area contributed by atoms with Gasteiger partial charge in [0.1, 0.15) is 5.75 Å². The fourth-order valence-electron chi connectivity index (χ4n) is 3.86. The van der Waals surface area contributed by atoms with E-state index in [1.807, 2.05) is 36.6 Å². The number of allylic oxidation sites excluding steroid dienone is 1. The molecular weight excluding hydrogens is 440 g/mol. The molecule has 0 fully saturated rings. The third kappa shape index (κ3) is 4.71. The predicted molar refractivity (Wildman–Crippen MR) is 133 cm³/mol. The topological polar surface area (TPSA) is 63.4 Å². The Morgan fingerprint density at radius 2 is 2.00 bits per heavy atom. The first kappa shape index (κ1) is 22.5. The second kappa shape index (κ2) is 10.3. The second-order valence-electron chi connectivity index (χ2n) is 7.64. The van der Waals surface area contributed by atoms with Crippen molar-refractivity contribution in [3.05, 3.63) is 58.9 Å². The summed E-state index contributed by atoms with van der Waals surface area (Å²) in [5, 5.41) is 10.5. The van der Waals surface area contributed by atoms with E-state index in [9.17, 15) is 0 Å². The van der Waals surface area contributed by atoms with E-state index in [1.165, 1.54) is 0 Å². The monoisotopic (exact) mass is 468 g/mol. The van der Waals surface area contributed by atoms with E-state index in [-0.39, 0.29) is 6.04 Å². The Bertz CT molecular complexity index is 1070. The number of thiocarbonyl (C=S) groups is 1. The van der Waals surface area contributed by atoms with E-state index in [1.54, 1.807) is 11.3 Å². The van der Waals surface area contributed by atoms with Crippen LogP contribution in [0.25, 0.3) is 16.3 Å². The second-order valence-corrected chi connectivity index (χ2v) is 8.98. The Morgan fingerprint density at radius 3 is 2.69 bits per heavy atom. The zero-order chi connectivity index (χ0) is 22.5. The fraction of sp³-hybridized carbons (Fsp3) is 0.375. The van der Waals surface area contributed by atoms with Gasteiger partial charge in [0.2, 0.25) is 5.82 Å². The summed E-state index contributed by atoms with van der Waals surface area (Å²) in [4.78, 5) is 7.88. The van der Waals surface area contributed by atoms with Gasteiger partial charge in [0.25, 0.3) is 5.89 Å². The minimum Gasteiger partial charge on any atom is -0.494 e. The van der Waals surface area contributed by atoms with Gasteiger partial charge in [-0.15, -0.1) is 11.3 Å². The molecule has 1 aliphatic heterocycles. The summed E-state index contributed by atoms with van der Waals surface area (Å²) in [6.45, 7) is 7.76. The average Bonchev–Trinajstić information content (AvgIpc) is 3.48. The van der Waals surface area contributed by atoms with E-state index in [0.717, 1.165) is 58.4 Å². The molecule has 0 radical (unpaired) electrons. The molecule has 32 heavy (non-hydrogen) atoms. The van der Waals surface area contributed by atoms with Crippen LogP contribution in [0, 0.1) is 0 Å². The van der Waals surface area contributed by atoms with Crippen molar-refractivity contribution in [3.63, 3.8) is 0 Å². The number of ether oxygens (including phenoxy) is 1. The number of nitrogens with one attached hydrogen (secondary N) is 1. The van der Waals surface area contributed by atoms with Gasteiger partial charge >= 0.3 is 0 Å². The number of nitrogens with zero attached hydrogens (tertiary/aromatic N) is 3. The Morgan fingerprint density at radius 1 is 1.19 bits per heavy atom. The Balaban J connectivity index is 1.73. The number of rotatable bonds is 9. The van der Waals surface area contributed by atoms with Gasteiger partial charge in [0, 0.05) is 12.2 Å². The van der Waals surface area contributed by atoms with Crippen LogP contribution in [0.3, 0.4) is 0 Å². The van der Waals surface area contributed by atoms with Gasteiger partial charge in [-0.05, 0) is 61.6 Å². The average molecular weight is 469 g/mol. The molecule has 1 aromatic carbocycles. The highest BCUT2D eigenvalue weighted by atomic mass is 32.1. The lowest BCUT2D eigenvalue weighted by Crippen LogP contribution is -2.46. The molecule has 1 unspecified atom stereocenters. The van der Waals surface area contributed by atoms with Crippen LogP contribution >= 0.6 is 23.6 Å². The molecule has 1 N–H and O–H groups in total. The highest BCUT2D eigenvalue weighted by molar-refractivity contribution is 7.80. The zero-order valence-corrected chi connectivity index (χ0v) is 20.3. The molecule has 2 aromatic heterocycles. The number of benzene rings is 1. The SMILES string of the molecule is CCCCCN1C(=S)NC(c2ccc(OCC)cc2)C(c2nc(-c3cccs3)no2)=C1C. The molecule has 4 rings (SSSR count). The third-order valence-corrected chi connectivity index (χ3v) is 6.71. The zero-order valence-electron chi connectivity index (χ0n) is 18.6. The number of thiophene rings is 1. The highest BCUT2D eigenvalue weighted by Gasteiger charge is 2.34. The molecule has 8 heteroatoms. The summed E-state index contributed by atoms with van der Waals surface area (Å²) in [7, 11) is 0. The van der Waals surface area contributed by atoms with Crippen molar-refractivity contribution >= 4 is 34.2 Å². The van der Waals surface area contributed by atoms with Crippen LogP contribution in [0.5, 0.6) is 5.75 Å². The Hall–Kier alpha value is -2.71. The Labute approximate surface area is 198 Å². The van der Waals surface area contributed by atoms with Crippen molar-refractivity contribution < 1.29 is 9.26 Å². The molecule has 168 valence electrons. The van der Waals surface area contributed by atoms with Crippen LogP contribution in [0.4, 0.5) is 0 Å². The summed E-state index contributed by atoms with van der Waals surface area (Å²) in [6, 6.07) is 11.9. The summed E-state index contributed by atoms with van der Waals surface area (Å²) < 4.78 is 11.4. The minimum absolute atomic E-state index is 0.183. The first-order chi connectivity index (χ1) is 15.6. The number of aromatic nitrogens is 2. The molecule has 1 atom stereocenters. The summed E-state index contributed by atoms with van der Waals surface area (Å²) in [5.74, 6) is 1.96. The van der Waals surface area contributed by atoms with Crippen molar-refractivity contribution in [2.75, 3.05) is 13.2 Å². The third-order valence-electron chi connectivity index (χ3n) is 5.50. The van der Waals surface area contributed by atoms with Gasteiger partial charge in [-0.2, -0.15) is 4.98 Å². The van der Waals surface area contributed by atoms with Crippen LogP contribution in [-0.4, -0.2) is 33.3 Å². The number of hydrogen-bond acceptors (Lipinski definition) is 6. The van der Waals surface area contributed by atoms with Gasteiger partial charge in [0.15, 0.2) is 5.11 Å². The molecule has 0 aliphatic carbocycles. The minimum atomic E-state index is -0.183. The maximum Gasteiger partial charge on any atom is 0.258 e. The molecule has 0 amide bonds. The maximum atomic E-state index is 5.77. The standard InChI is InChI=1S/C24H28N4O2S2/c1-4-6-7-14-28-16(3)20(23-26-22(27-30-23)19-9-8-15-32-19)21(25-24(28)31)17-10-12-18(13-11-17)29-5-2/h8-13,15,21H,4-7,14H2,1-3H3,(H,25,31). The quantitative estimate of drug-likeness (QED) is 0.303. The van der Waals surface area contributed by atoms with E-state index in [0.29, 0.717) is 18.3 Å². The van der Waals surface area contributed by atoms with Crippen molar-refractivity contribution in [1.82, 2.24) is 20.4 Å². The molecule has 3 heterocycles. The molecule has 1 aliphatic rings. The number of unbranched alkanes of at least 4 members (excludes halogenated alkanes) is 2. The van der Waals surface area contributed by atoms with Crippen LogP contribution in [-0.2, 0) is 0 Å². The molecule has 0 saturated heterocycles. The molecule has 0 bridgehead atoms. The van der Waals surface area contributed by atoms with Gasteiger partial charge < -0.3 is 19.5 Å². The first-order valence-electron chi connectivity index (χ1n) is 11.0. The van der Waals surface area contributed by atoms with Crippen LogP contribution in [0.15, 0.2) is 52.0 Å². The van der Waals surface area contributed by atoms with Crippen molar-refractivity contribution in [3.8, 4) is 16.5 Å². The van der Waals surface area contributed by atoms with Gasteiger partial charge in [-0.1, -0.05) is 43.1 Å². The summed E-state index contributed by atoms with van der Waals surface area (Å²) in [6.07, 6.45) is 3.39. The van der Waals surface area contributed by atoms with Gasteiger partial charge in [-0.25, -0.2) is 0 Å². The highest BCUT2D eigenvalue weighted by Crippen LogP contribution is 2.38. The fourth-order valence-corrected chi connectivity index (χ4v) is 4.85. The van der Waals surface area contributed by atoms with E-state index in [4.69, 9.17) is 26.5 Å². The van der Waals surface area contributed by atoms with Crippen molar-refractivity contribution in [1.29, 1.82) is 0 Å². The molecule has 0 spiro atoms.